The summed E-state index contributed by atoms with van der Waals surface area (Å²) < 4.78 is 1.89. The molecule has 0 radical (unpaired) electrons. The third-order valence-corrected chi connectivity index (χ3v) is 5.43. The van der Waals surface area contributed by atoms with E-state index >= 15 is 0 Å². The van der Waals surface area contributed by atoms with Crippen LogP contribution < -0.4 is 10.2 Å². The molecule has 21 heavy (non-hydrogen) atoms. The Labute approximate surface area is 142 Å². The molecule has 0 atom stereocenters. The molecule has 2 heterocycles. The fourth-order valence-corrected chi connectivity index (χ4v) is 4.08. The first-order valence-electron chi connectivity index (χ1n) is 6.09. The van der Waals surface area contributed by atoms with Gasteiger partial charge in [-0.15, -0.1) is 11.3 Å². The molecule has 1 amide bonds. The van der Waals surface area contributed by atoms with Gasteiger partial charge in [0.25, 0.3) is 11.7 Å². The molecule has 0 saturated heterocycles. The maximum Gasteiger partial charge on any atom is 0.296 e. The molecule has 0 unspecified atom stereocenters. The first-order chi connectivity index (χ1) is 9.95. The monoisotopic (exact) mass is 428 g/mol. The van der Waals surface area contributed by atoms with Crippen molar-refractivity contribution in [1.29, 1.82) is 0 Å². The van der Waals surface area contributed by atoms with Crippen molar-refractivity contribution in [3.63, 3.8) is 0 Å². The van der Waals surface area contributed by atoms with Gasteiger partial charge in [0, 0.05) is 18.1 Å². The van der Waals surface area contributed by atoms with E-state index < -0.39 is 11.7 Å². The van der Waals surface area contributed by atoms with Crippen molar-refractivity contribution in [2.45, 2.75) is 6.54 Å². The number of hydrogen-bond donors (Lipinski definition) is 1. The van der Waals surface area contributed by atoms with Crippen LogP contribution in [0.2, 0.25) is 0 Å². The fourth-order valence-electron chi connectivity index (χ4n) is 2.23. The lowest BCUT2D eigenvalue weighted by Gasteiger charge is -2.21. The molecule has 1 N–H and O–H groups in total. The van der Waals surface area contributed by atoms with Gasteiger partial charge in [0.05, 0.1) is 20.7 Å². The lowest BCUT2D eigenvalue weighted by Crippen LogP contribution is -2.16. The topological polar surface area (TPSA) is 49.4 Å². The summed E-state index contributed by atoms with van der Waals surface area (Å²) in [6.45, 7) is 0.737. The molecular formula is C14H10Br2N2O2S. The van der Waals surface area contributed by atoms with Gasteiger partial charge in [-0.3, -0.25) is 9.59 Å². The Balaban J connectivity index is 1.91. The SMILES string of the molecule is CN(Cc1csc(Br)c1)c1cc2c(cc1Br)C(=O)C(=O)N2. The molecule has 0 spiro atoms. The van der Waals surface area contributed by atoms with Crippen LogP contribution in [0.4, 0.5) is 11.4 Å². The van der Waals surface area contributed by atoms with E-state index in [0.29, 0.717) is 11.3 Å². The number of carbonyl (C=O) groups excluding carboxylic acids is 2. The smallest absolute Gasteiger partial charge is 0.296 e. The second kappa shape index (κ2) is 5.55. The Hall–Kier alpha value is -1.18. The zero-order valence-electron chi connectivity index (χ0n) is 10.9. The predicted octanol–water partition coefficient (Wildman–Crippen LogP) is 4.04. The van der Waals surface area contributed by atoms with E-state index in [2.05, 4.69) is 53.5 Å². The van der Waals surface area contributed by atoms with Crippen molar-refractivity contribution in [3.8, 4) is 0 Å². The maximum absolute atomic E-state index is 11.7. The van der Waals surface area contributed by atoms with Crippen molar-refractivity contribution < 1.29 is 9.59 Å². The number of fused-ring (bicyclic) bond motifs is 1. The highest BCUT2D eigenvalue weighted by atomic mass is 79.9. The quantitative estimate of drug-likeness (QED) is 0.749. The van der Waals surface area contributed by atoms with E-state index in [-0.39, 0.29) is 0 Å². The first kappa shape index (κ1) is 14.7. The summed E-state index contributed by atoms with van der Waals surface area (Å²) in [7, 11) is 1.97. The molecule has 1 aromatic heterocycles. The zero-order valence-corrected chi connectivity index (χ0v) is 14.9. The number of benzene rings is 1. The fraction of sp³-hybridized carbons (Fsp3) is 0.143. The van der Waals surface area contributed by atoms with Crippen LogP contribution in [0.25, 0.3) is 0 Å². The molecule has 2 aromatic rings. The van der Waals surface area contributed by atoms with Crippen molar-refractivity contribution in [2.75, 3.05) is 17.3 Å². The molecule has 3 rings (SSSR count). The van der Waals surface area contributed by atoms with Crippen LogP contribution in [0.15, 0.2) is 31.8 Å². The van der Waals surface area contributed by atoms with Gasteiger partial charge in [-0.1, -0.05) is 0 Å². The van der Waals surface area contributed by atoms with Gasteiger partial charge < -0.3 is 10.2 Å². The molecule has 1 aliphatic heterocycles. The minimum absolute atomic E-state index is 0.419. The number of carbonyl (C=O) groups is 2. The normalized spacial score (nSPS) is 13.3. The van der Waals surface area contributed by atoms with Gasteiger partial charge in [0.2, 0.25) is 0 Å². The number of Topliss-reactive ketones (excluding diaryl/α,β-unsaturated/α-hetero) is 1. The van der Waals surface area contributed by atoms with Crippen LogP contribution in [0, 0.1) is 0 Å². The van der Waals surface area contributed by atoms with Crippen LogP contribution in [0.3, 0.4) is 0 Å². The minimum atomic E-state index is -0.571. The number of halogens is 2. The van der Waals surface area contributed by atoms with Gasteiger partial charge in [-0.2, -0.15) is 0 Å². The van der Waals surface area contributed by atoms with Crippen molar-refractivity contribution in [3.05, 3.63) is 43.0 Å². The number of thiophene rings is 1. The standard InChI is InChI=1S/C14H10Br2N2O2S/c1-18(5-7-2-12(16)21-6-7)11-4-10-8(3-9(11)15)13(19)14(20)17-10/h2-4,6H,5H2,1H3,(H,17,19,20). The lowest BCUT2D eigenvalue weighted by atomic mass is 10.1. The van der Waals surface area contributed by atoms with Gasteiger partial charge in [0.15, 0.2) is 0 Å². The number of rotatable bonds is 3. The van der Waals surface area contributed by atoms with E-state index in [4.69, 9.17) is 0 Å². The second-order valence-corrected chi connectivity index (χ2v) is 7.89. The molecule has 4 nitrogen and oxygen atoms in total. The van der Waals surface area contributed by atoms with Crippen LogP contribution in [0.1, 0.15) is 15.9 Å². The molecule has 0 bridgehead atoms. The van der Waals surface area contributed by atoms with Gasteiger partial charge in [-0.05, 0) is 61.0 Å². The van der Waals surface area contributed by atoms with Crippen LogP contribution >= 0.6 is 43.2 Å². The maximum atomic E-state index is 11.7. The van der Waals surface area contributed by atoms with E-state index in [9.17, 15) is 9.59 Å². The Morgan fingerprint density at radius 3 is 2.67 bits per heavy atom. The summed E-state index contributed by atoms with van der Waals surface area (Å²) >= 11 is 8.57. The Morgan fingerprint density at radius 2 is 2.00 bits per heavy atom. The van der Waals surface area contributed by atoms with Crippen LogP contribution in [0.5, 0.6) is 0 Å². The summed E-state index contributed by atoms with van der Waals surface area (Å²) in [4.78, 5) is 25.2. The van der Waals surface area contributed by atoms with E-state index in [1.54, 1.807) is 17.4 Å². The highest BCUT2D eigenvalue weighted by Crippen LogP contribution is 2.35. The summed E-state index contributed by atoms with van der Waals surface area (Å²) in [5, 5.41) is 4.69. The minimum Gasteiger partial charge on any atom is -0.369 e. The second-order valence-electron chi connectivity index (χ2n) is 4.75. The van der Waals surface area contributed by atoms with Crippen molar-refractivity contribution >= 4 is 66.3 Å². The Kier molecular flexibility index (Phi) is 3.90. The highest BCUT2D eigenvalue weighted by molar-refractivity contribution is 9.11. The molecule has 7 heteroatoms. The number of ketones is 1. The predicted molar refractivity (Wildman–Crippen MR) is 91.2 cm³/mol. The average Bonchev–Trinajstić information content (AvgIpc) is 2.95. The molecule has 1 aliphatic rings. The largest absolute Gasteiger partial charge is 0.369 e. The van der Waals surface area contributed by atoms with Gasteiger partial charge in [-0.25, -0.2) is 0 Å². The zero-order chi connectivity index (χ0) is 15.1. The average molecular weight is 430 g/mol. The van der Waals surface area contributed by atoms with Crippen molar-refractivity contribution in [2.24, 2.45) is 0 Å². The van der Waals surface area contributed by atoms with Crippen LogP contribution in [-0.4, -0.2) is 18.7 Å². The molecule has 0 fully saturated rings. The van der Waals surface area contributed by atoms with Crippen LogP contribution in [-0.2, 0) is 11.3 Å². The number of nitrogens with zero attached hydrogens (tertiary/aromatic N) is 1. The Morgan fingerprint density at radius 1 is 1.24 bits per heavy atom. The number of nitrogens with one attached hydrogen (secondary N) is 1. The molecule has 1 aromatic carbocycles. The molecule has 108 valence electrons. The molecular weight excluding hydrogens is 420 g/mol. The number of hydrogen-bond acceptors (Lipinski definition) is 4. The van der Waals surface area contributed by atoms with Crippen molar-refractivity contribution in [1.82, 2.24) is 0 Å². The first-order valence-corrected chi connectivity index (χ1v) is 8.55. The lowest BCUT2D eigenvalue weighted by molar-refractivity contribution is -0.112. The van der Waals surface area contributed by atoms with E-state index in [0.717, 1.165) is 20.5 Å². The summed E-state index contributed by atoms with van der Waals surface area (Å²) in [5.74, 6) is -1.06. The van der Waals surface area contributed by atoms with E-state index in [1.165, 1.54) is 5.56 Å². The number of amides is 1. The third kappa shape index (κ3) is 2.77. The summed E-state index contributed by atoms with van der Waals surface area (Å²) in [5.41, 5.74) is 3.11. The van der Waals surface area contributed by atoms with E-state index in [1.807, 2.05) is 13.1 Å². The summed E-state index contributed by atoms with van der Waals surface area (Å²) in [6, 6.07) is 5.60. The highest BCUT2D eigenvalue weighted by Gasteiger charge is 2.29. The van der Waals surface area contributed by atoms with Gasteiger partial charge in [0.1, 0.15) is 0 Å². The Bertz CT molecular complexity index is 757. The van der Waals surface area contributed by atoms with Gasteiger partial charge >= 0.3 is 0 Å². The molecule has 0 saturated carbocycles. The molecule has 0 aliphatic carbocycles. The summed E-state index contributed by atoms with van der Waals surface area (Å²) in [6.07, 6.45) is 0. The third-order valence-electron chi connectivity index (χ3n) is 3.24. The number of anilines is 2.